The van der Waals surface area contributed by atoms with E-state index in [-0.39, 0.29) is 11.7 Å². The molecule has 0 fully saturated rings. The van der Waals surface area contributed by atoms with Crippen LogP contribution >= 0.6 is 0 Å². The third kappa shape index (κ3) is 5.18. The molecule has 0 unspecified atom stereocenters. The van der Waals surface area contributed by atoms with Gasteiger partial charge < -0.3 is 30.5 Å². The maximum atomic E-state index is 13.2. The van der Waals surface area contributed by atoms with E-state index in [1.165, 1.54) is 0 Å². The number of carbonyl (C=O) groups is 3. The zero-order valence-corrected chi connectivity index (χ0v) is 18.0. The van der Waals surface area contributed by atoms with Crippen LogP contribution in [0.3, 0.4) is 0 Å². The highest BCUT2D eigenvalue weighted by molar-refractivity contribution is 6.07. The molecule has 0 saturated heterocycles. The minimum Gasteiger partial charge on any atom is -0.490 e. The minimum absolute atomic E-state index is 0.255. The van der Waals surface area contributed by atoms with Crippen LogP contribution in [0.1, 0.15) is 31.0 Å². The molecular weight excluding hydrogens is 414 g/mol. The van der Waals surface area contributed by atoms with Crippen molar-refractivity contribution in [3.05, 3.63) is 64.9 Å². The monoisotopic (exact) mass is 439 g/mol. The van der Waals surface area contributed by atoms with Crippen molar-refractivity contribution in [1.82, 2.24) is 10.6 Å². The van der Waals surface area contributed by atoms with Gasteiger partial charge in [-0.3, -0.25) is 4.79 Å². The van der Waals surface area contributed by atoms with Crippen LogP contribution in [0.15, 0.2) is 53.7 Å². The number of ether oxygens (including phenoxy) is 2. The number of aryl methyl sites for hydroxylation is 1. The summed E-state index contributed by atoms with van der Waals surface area (Å²) in [5.74, 6) is -0.908. The second-order valence-corrected chi connectivity index (χ2v) is 7.16. The third-order valence-electron chi connectivity index (χ3n) is 4.86. The number of carboxylic acids is 1. The Morgan fingerprint density at radius 2 is 1.84 bits per heavy atom. The average Bonchev–Trinajstić information content (AvgIpc) is 2.74. The summed E-state index contributed by atoms with van der Waals surface area (Å²) in [7, 11) is 0. The van der Waals surface area contributed by atoms with Crippen molar-refractivity contribution in [1.29, 1.82) is 0 Å². The second-order valence-electron chi connectivity index (χ2n) is 7.16. The molecule has 9 nitrogen and oxygen atoms in total. The van der Waals surface area contributed by atoms with Gasteiger partial charge in [-0.1, -0.05) is 24.3 Å². The molecule has 3 rings (SSSR count). The van der Waals surface area contributed by atoms with Crippen molar-refractivity contribution in [3.63, 3.8) is 0 Å². The molecule has 0 radical (unpaired) electrons. The number of hydrogen-bond acceptors (Lipinski definition) is 5. The van der Waals surface area contributed by atoms with Gasteiger partial charge in [0.2, 0.25) is 0 Å². The summed E-state index contributed by atoms with van der Waals surface area (Å²) in [5, 5.41) is 17.2. The SMILES string of the molecule is CCOc1cc([C@@H]2NC(=O)NC(C)=C2C(=O)Nc2ccccc2C)ccc1OCC(=O)O. The maximum Gasteiger partial charge on any atom is 0.341 e. The molecular formula is C23H25N3O6. The first kappa shape index (κ1) is 22.7. The van der Waals surface area contributed by atoms with E-state index in [1.807, 2.05) is 25.1 Å². The first-order chi connectivity index (χ1) is 15.3. The third-order valence-corrected chi connectivity index (χ3v) is 4.86. The van der Waals surface area contributed by atoms with E-state index in [4.69, 9.17) is 14.6 Å². The van der Waals surface area contributed by atoms with E-state index < -0.39 is 24.6 Å². The van der Waals surface area contributed by atoms with Gasteiger partial charge in [-0.05, 0) is 50.1 Å². The van der Waals surface area contributed by atoms with E-state index in [0.29, 0.717) is 34.9 Å². The van der Waals surface area contributed by atoms with Crippen molar-refractivity contribution in [2.24, 2.45) is 0 Å². The number of carbonyl (C=O) groups excluding carboxylic acids is 2. The fourth-order valence-electron chi connectivity index (χ4n) is 3.38. The Bertz CT molecular complexity index is 1080. The maximum absolute atomic E-state index is 13.2. The number of benzene rings is 2. The van der Waals surface area contributed by atoms with E-state index in [2.05, 4.69) is 16.0 Å². The Kier molecular flexibility index (Phi) is 6.99. The molecule has 2 aromatic carbocycles. The molecule has 168 valence electrons. The molecule has 1 atom stereocenters. The summed E-state index contributed by atoms with van der Waals surface area (Å²) < 4.78 is 10.9. The van der Waals surface area contributed by atoms with Gasteiger partial charge in [0.25, 0.3) is 5.91 Å². The van der Waals surface area contributed by atoms with Crippen LogP contribution in [-0.4, -0.2) is 36.2 Å². The van der Waals surface area contributed by atoms with Crippen LogP contribution in [0, 0.1) is 6.92 Å². The lowest BCUT2D eigenvalue weighted by atomic mass is 9.94. The van der Waals surface area contributed by atoms with Gasteiger partial charge in [-0.15, -0.1) is 0 Å². The Balaban J connectivity index is 1.96. The summed E-state index contributed by atoms with van der Waals surface area (Å²) in [6, 6.07) is 11.0. The Morgan fingerprint density at radius 1 is 1.09 bits per heavy atom. The molecule has 0 spiro atoms. The number of urea groups is 1. The first-order valence-electron chi connectivity index (χ1n) is 10.1. The average molecular weight is 439 g/mol. The summed E-state index contributed by atoms with van der Waals surface area (Å²) in [6.07, 6.45) is 0. The molecule has 0 bridgehead atoms. The zero-order chi connectivity index (χ0) is 23.3. The lowest BCUT2D eigenvalue weighted by Crippen LogP contribution is -2.46. The number of nitrogens with one attached hydrogen (secondary N) is 3. The standard InChI is InChI=1S/C23H25N3O6/c1-4-31-18-11-15(9-10-17(18)32-12-19(27)28)21-20(14(3)24-23(30)26-21)22(29)25-16-8-6-5-7-13(16)2/h5-11,21H,4,12H2,1-3H3,(H,25,29)(H,27,28)(H2,24,26,30)/t21-/m0/s1. The van der Waals surface area contributed by atoms with Crippen LogP contribution in [0.4, 0.5) is 10.5 Å². The smallest absolute Gasteiger partial charge is 0.341 e. The molecule has 0 saturated carbocycles. The quantitative estimate of drug-likeness (QED) is 0.501. The number of allylic oxidation sites excluding steroid dienone is 1. The first-order valence-corrected chi connectivity index (χ1v) is 10.1. The van der Waals surface area contributed by atoms with Crippen molar-refractivity contribution in [2.45, 2.75) is 26.8 Å². The highest BCUT2D eigenvalue weighted by Crippen LogP contribution is 2.35. The minimum atomic E-state index is -1.11. The van der Waals surface area contributed by atoms with Crippen molar-refractivity contribution < 1.29 is 29.0 Å². The molecule has 4 N–H and O–H groups in total. The van der Waals surface area contributed by atoms with Crippen molar-refractivity contribution in [3.8, 4) is 11.5 Å². The van der Waals surface area contributed by atoms with Crippen LogP contribution in [0.25, 0.3) is 0 Å². The van der Waals surface area contributed by atoms with Gasteiger partial charge >= 0.3 is 12.0 Å². The van der Waals surface area contributed by atoms with Gasteiger partial charge in [0.1, 0.15) is 0 Å². The fourth-order valence-corrected chi connectivity index (χ4v) is 3.38. The van der Waals surface area contributed by atoms with Gasteiger partial charge in [0, 0.05) is 11.4 Å². The van der Waals surface area contributed by atoms with Crippen LogP contribution < -0.4 is 25.4 Å². The lowest BCUT2D eigenvalue weighted by molar-refractivity contribution is -0.139. The van der Waals surface area contributed by atoms with Crippen LogP contribution in [0.5, 0.6) is 11.5 Å². The largest absolute Gasteiger partial charge is 0.490 e. The van der Waals surface area contributed by atoms with E-state index in [1.54, 1.807) is 38.1 Å². The summed E-state index contributed by atoms with van der Waals surface area (Å²) >= 11 is 0. The molecule has 32 heavy (non-hydrogen) atoms. The molecule has 0 aliphatic carbocycles. The molecule has 1 aliphatic heterocycles. The normalized spacial score (nSPS) is 15.5. The number of carboxylic acid groups (broad SMARTS) is 1. The number of hydrogen-bond donors (Lipinski definition) is 4. The molecule has 1 aliphatic rings. The molecule has 9 heteroatoms. The highest BCUT2D eigenvalue weighted by atomic mass is 16.5. The fraction of sp³-hybridized carbons (Fsp3) is 0.261. The Hall–Kier alpha value is -4.01. The molecule has 0 aromatic heterocycles. The van der Waals surface area contributed by atoms with E-state index in [9.17, 15) is 14.4 Å². The number of rotatable bonds is 8. The summed E-state index contributed by atoms with van der Waals surface area (Å²) in [6.45, 7) is 5.13. The lowest BCUT2D eigenvalue weighted by Gasteiger charge is -2.29. The predicted octanol–water partition coefficient (Wildman–Crippen LogP) is 3.12. The topological polar surface area (TPSA) is 126 Å². The Morgan fingerprint density at radius 3 is 2.53 bits per heavy atom. The zero-order valence-electron chi connectivity index (χ0n) is 18.0. The van der Waals surface area contributed by atoms with Gasteiger partial charge in [0.05, 0.1) is 18.2 Å². The Labute approximate surface area is 185 Å². The number of amides is 3. The number of aliphatic carboxylic acids is 1. The van der Waals surface area contributed by atoms with Crippen molar-refractivity contribution in [2.75, 3.05) is 18.5 Å². The van der Waals surface area contributed by atoms with Crippen LogP contribution in [0.2, 0.25) is 0 Å². The van der Waals surface area contributed by atoms with Gasteiger partial charge in [0.15, 0.2) is 18.1 Å². The molecule has 1 heterocycles. The number of para-hydroxylation sites is 1. The van der Waals surface area contributed by atoms with Gasteiger partial charge in [-0.25, -0.2) is 9.59 Å². The van der Waals surface area contributed by atoms with E-state index >= 15 is 0 Å². The summed E-state index contributed by atoms with van der Waals surface area (Å²) in [5.41, 5.74) is 2.92. The second kappa shape index (κ2) is 9.86. The van der Waals surface area contributed by atoms with Crippen molar-refractivity contribution >= 4 is 23.6 Å². The summed E-state index contributed by atoms with van der Waals surface area (Å²) in [4.78, 5) is 36.2. The highest BCUT2D eigenvalue weighted by Gasteiger charge is 2.32. The molecule has 3 amide bonds. The van der Waals surface area contributed by atoms with E-state index in [0.717, 1.165) is 5.56 Å². The number of anilines is 1. The van der Waals surface area contributed by atoms with Crippen LogP contribution in [-0.2, 0) is 9.59 Å². The van der Waals surface area contributed by atoms with Gasteiger partial charge in [-0.2, -0.15) is 0 Å². The molecule has 2 aromatic rings. The predicted molar refractivity (Wildman–Crippen MR) is 118 cm³/mol.